The molecule has 8 nitrogen and oxygen atoms in total. The third-order valence-electron chi connectivity index (χ3n) is 6.91. The van der Waals surface area contributed by atoms with Gasteiger partial charge in [0.1, 0.15) is 5.82 Å². The summed E-state index contributed by atoms with van der Waals surface area (Å²) in [6, 6.07) is 8.57. The fourth-order valence-corrected chi connectivity index (χ4v) is 6.28. The lowest BCUT2D eigenvalue weighted by Crippen LogP contribution is -2.67. The summed E-state index contributed by atoms with van der Waals surface area (Å²) in [5.74, 6) is -0.564. The molecule has 2 aliphatic rings. The molecule has 0 amide bonds. The van der Waals surface area contributed by atoms with Crippen molar-refractivity contribution in [3.05, 3.63) is 81.6 Å². The molecule has 1 saturated carbocycles. The van der Waals surface area contributed by atoms with E-state index in [1.807, 2.05) is 16.7 Å². The molecule has 0 radical (unpaired) electrons. The maximum Gasteiger partial charge on any atom is 0.276 e. The lowest BCUT2D eigenvalue weighted by Gasteiger charge is -2.57. The molecular formula is C25H24Cl2F2N6O2S. The predicted molar refractivity (Wildman–Crippen MR) is 142 cm³/mol. The van der Waals surface area contributed by atoms with Crippen LogP contribution in [0.25, 0.3) is 0 Å². The highest BCUT2D eigenvalue weighted by atomic mass is 35.5. The third-order valence-corrected chi connectivity index (χ3v) is 8.73. The molecule has 2 fully saturated rings. The van der Waals surface area contributed by atoms with Crippen LogP contribution in [-0.4, -0.2) is 54.3 Å². The van der Waals surface area contributed by atoms with Crippen LogP contribution in [0, 0.1) is 18.6 Å². The molecule has 0 bridgehead atoms. The summed E-state index contributed by atoms with van der Waals surface area (Å²) in [7, 11) is -4.03. The van der Waals surface area contributed by atoms with E-state index < -0.39 is 27.2 Å². The molecule has 1 aliphatic heterocycles. The first kappa shape index (κ1) is 26.6. The number of rotatable bonds is 5. The number of benzene rings is 2. The number of aryl methyl sites for hydroxylation is 1. The molecule has 2 aromatic carbocycles. The zero-order valence-electron chi connectivity index (χ0n) is 20.3. The second-order valence-electron chi connectivity index (χ2n) is 9.44. The SMILES string of the molecule is Cc1ccc(S(=O)(=O)N/N=C(/c2c(Cl)cc(F)cc2Cl)N2CCN(c3ncc(F)cn3)CC23CCC3)cc1. The van der Waals surface area contributed by atoms with Gasteiger partial charge in [0.05, 0.1) is 38.4 Å². The van der Waals surface area contributed by atoms with Crippen molar-refractivity contribution in [2.75, 3.05) is 24.5 Å². The highest BCUT2D eigenvalue weighted by Crippen LogP contribution is 2.43. The first-order valence-electron chi connectivity index (χ1n) is 11.9. The third kappa shape index (κ3) is 5.14. The van der Waals surface area contributed by atoms with E-state index in [0.29, 0.717) is 25.6 Å². The Kier molecular flexibility index (Phi) is 7.19. The summed E-state index contributed by atoms with van der Waals surface area (Å²) in [6.07, 6.45) is 4.71. The number of nitrogens with zero attached hydrogens (tertiary/aromatic N) is 5. The molecule has 38 heavy (non-hydrogen) atoms. The topological polar surface area (TPSA) is 90.8 Å². The van der Waals surface area contributed by atoms with Crippen molar-refractivity contribution in [2.24, 2.45) is 5.10 Å². The number of piperazine rings is 1. The first-order chi connectivity index (χ1) is 18.1. The Labute approximate surface area is 229 Å². The molecule has 0 unspecified atom stereocenters. The average molecular weight is 581 g/mol. The van der Waals surface area contributed by atoms with Gasteiger partial charge in [-0.15, -0.1) is 5.10 Å². The number of sulfonamides is 1. The number of nitrogens with one attached hydrogen (secondary N) is 1. The number of hydrogen-bond acceptors (Lipinski definition) is 6. The molecule has 5 rings (SSSR count). The lowest BCUT2D eigenvalue weighted by atomic mass is 9.73. The fourth-order valence-electron chi connectivity index (χ4n) is 4.84. The van der Waals surface area contributed by atoms with Crippen LogP contribution in [0.1, 0.15) is 30.4 Å². The standard InChI is InChI=1S/C25H24Cl2F2N6O2S/c1-16-3-5-19(6-4-16)38(36,37)33-32-23(22-20(26)11-17(28)12-21(22)27)35-10-9-34(15-25(35)7-2-8-25)24-30-13-18(29)14-31-24/h3-6,11-14,33H,2,7-10,15H2,1H3/b32-23-. The average Bonchev–Trinajstić information content (AvgIpc) is 2.85. The Bertz CT molecular complexity index is 1460. The number of amidine groups is 1. The van der Waals surface area contributed by atoms with Crippen LogP contribution in [0.3, 0.4) is 0 Å². The van der Waals surface area contributed by atoms with E-state index in [0.717, 1.165) is 49.4 Å². The minimum Gasteiger partial charge on any atom is -0.345 e. The van der Waals surface area contributed by atoms with Gasteiger partial charge in [0.15, 0.2) is 11.7 Å². The maximum atomic E-state index is 14.1. The van der Waals surface area contributed by atoms with Gasteiger partial charge in [0, 0.05) is 19.6 Å². The Morgan fingerprint density at radius 2 is 1.66 bits per heavy atom. The van der Waals surface area contributed by atoms with Gasteiger partial charge in [-0.25, -0.2) is 18.7 Å². The predicted octanol–water partition coefficient (Wildman–Crippen LogP) is 4.76. The minimum atomic E-state index is -4.03. The lowest BCUT2D eigenvalue weighted by molar-refractivity contribution is 0.0648. The summed E-state index contributed by atoms with van der Waals surface area (Å²) in [5, 5.41) is 4.34. The molecule has 1 spiro atoms. The quantitative estimate of drug-likeness (QED) is 0.266. The van der Waals surface area contributed by atoms with E-state index in [1.54, 1.807) is 12.1 Å². The van der Waals surface area contributed by atoms with Gasteiger partial charge >= 0.3 is 0 Å². The zero-order valence-corrected chi connectivity index (χ0v) is 22.7. The molecule has 1 saturated heterocycles. The maximum absolute atomic E-state index is 14.1. The monoisotopic (exact) mass is 580 g/mol. The van der Waals surface area contributed by atoms with Crippen LogP contribution in [0.4, 0.5) is 14.7 Å². The van der Waals surface area contributed by atoms with Crippen molar-refractivity contribution in [3.8, 4) is 0 Å². The summed E-state index contributed by atoms with van der Waals surface area (Å²) in [6.45, 7) is 3.16. The van der Waals surface area contributed by atoms with Crippen molar-refractivity contribution < 1.29 is 17.2 Å². The van der Waals surface area contributed by atoms with Crippen LogP contribution >= 0.6 is 23.2 Å². The normalized spacial score (nSPS) is 17.4. The molecule has 2 heterocycles. The van der Waals surface area contributed by atoms with Gasteiger partial charge in [0.25, 0.3) is 10.0 Å². The van der Waals surface area contributed by atoms with E-state index in [1.165, 1.54) is 12.1 Å². The van der Waals surface area contributed by atoms with E-state index >= 15 is 0 Å². The Hall–Kier alpha value is -3.02. The Morgan fingerprint density at radius 1 is 1.03 bits per heavy atom. The van der Waals surface area contributed by atoms with Gasteiger partial charge in [-0.3, -0.25) is 0 Å². The summed E-state index contributed by atoms with van der Waals surface area (Å²) in [5.41, 5.74) is 0.664. The molecule has 0 atom stereocenters. The van der Waals surface area contributed by atoms with Gasteiger partial charge < -0.3 is 9.80 Å². The van der Waals surface area contributed by atoms with Gasteiger partial charge in [-0.05, 0) is 50.5 Å². The summed E-state index contributed by atoms with van der Waals surface area (Å²) in [4.78, 5) is 14.5. The fraction of sp³-hybridized carbons (Fsp3) is 0.320. The van der Waals surface area contributed by atoms with Gasteiger partial charge in [0.2, 0.25) is 5.95 Å². The van der Waals surface area contributed by atoms with E-state index in [2.05, 4.69) is 19.9 Å². The van der Waals surface area contributed by atoms with E-state index in [9.17, 15) is 17.2 Å². The molecular weight excluding hydrogens is 557 g/mol. The highest BCUT2D eigenvalue weighted by Gasteiger charge is 2.49. The molecule has 3 aromatic rings. The van der Waals surface area contributed by atoms with Crippen molar-refractivity contribution >= 4 is 45.0 Å². The van der Waals surface area contributed by atoms with Crippen LogP contribution in [0.15, 0.2) is 58.8 Å². The van der Waals surface area contributed by atoms with E-state index in [-0.39, 0.29) is 26.3 Å². The van der Waals surface area contributed by atoms with Gasteiger partial charge in [-0.1, -0.05) is 40.9 Å². The van der Waals surface area contributed by atoms with Crippen molar-refractivity contribution in [2.45, 2.75) is 36.6 Å². The van der Waals surface area contributed by atoms with Gasteiger partial charge in [-0.2, -0.15) is 13.2 Å². The van der Waals surface area contributed by atoms with Crippen LogP contribution in [-0.2, 0) is 10.0 Å². The summed E-state index contributed by atoms with van der Waals surface area (Å²) < 4.78 is 53.6. The Morgan fingerprint density at radius 3 is 2.24 bits per heavy atom. The number of halogens is 4. The van der Waals surface area contributed by atoms with Crippen molar-refractivity contribution in [1.82, 2.24) is 19.7 Å². The second-order valence-corrected chi connectivity index (χ2v) is 11.9. The minimum absolute atomic E-state index is 0.00190. The largest absolute Gasteiger partial charge is 0.345 e. The smallest absolute Gasteiger partial charge is 0.276 e. The zero-order chi connectivity index (χ0) is 27.1. The molecule has 1 N–H and O–H groups in total. The number of anilines is 1. The molecule has 1 aliphatic carbocycles. The number of aromatic nitrogens is 2. The number of hydrazone groups is 1. The van der Waals surface area contributed by atoms with Crippen LogP contribution in [0.2, 0.25) is 10.0 Å². The van der Waals surface area contributed by atoms with Crippen molar-refractivity contribution in [1.29, 1.82) is 0 Å². The van der Waals surface area contributed by atoms with Crippen molar-refractivity contribution in [3.63, 3.8) is 0 Å². The van der Waals surface area contributed by atoms with Crippen LogP contribution in [0.5, 0.6) is 0 Å². The molecule has 1 aromatic heterocycles. The van der Waals surface area contributed by atoms with E-state index in [4.69, 9.17) is 23.2 Å². The second kappa shape index (κ2) is 10.3. The molecule has 200 valence electrons. The molecule has 13 heteroatoms. The Balaban J connectivity index is 1.54. The highest BCUT2D eigenvalue weighted by molar-refractivity contribution is 7.89. The number of hydrogen-bond donors (Lipinski definition) is 1. The summed E-state index contributed by atoms with van der Waals surface area (Å²) >= 11 is 12.9. The first-order valence-corrected chi connectivity index (χ1v) is 14.1. The van der Waals surface area contributed by atoms with Crippen LogP contribution < -0.4 is 9.73 Å².